The Morgan fingerprint density at radius 3 is 1.87 bits per heavy atom. The maximum Gasteiger partial charge on any atom is 0.453 e. The Morgan fingerprint density at radius 1 is 0.871 bits per heavy atom. The van der Waals surface area contributed by atoms with Crippen LogP contribution in [0.3, 0.4) is 0 Å². The summed E-state index contributed by atoms with van der Waals surface area (Å²) in [5.41, 5.74) is -0.112. The van der Waals surface area contributed by atoms with Crippen LogP contribution in [-0.2, 0) is 9.59 Å². The molecule has 1 rings (SSSR count). The van der Waals surface area contributed by atoms with E-state index in [0.29, 0.717) is 25.0 Å². The molecule has 0 saturated carbocycles. The predicted molar refractivity (Wildman–Crippen MR) is 95.8 cm³/mol. The molecule has 0 saturated heterocycles. The second kappa shape index (κ2) is 8.43. The average Bonchev–Trinajstić information content (AvgIpc) is 2.58. The molecule has 6 nitrogen and oxygen atoms in total. The number of carbonyl (C=O) groups is 2. The van der Waals surface area contributed by atoms with Gasteiger partial charge in [-0.05, 0) is 37.1 Å². The highest BCUT2D eigenvalue weighted by Gasteiger charge is 2.65. The number of nitrogens with one attached hydrogen (secondary N) is 2. The first kappa shape index (κ1) is 26.9. The SMILES string of the molecule is O=C(CCCCCCNC(=O)C(O)(O)C(F)(F)F)Nc1ccc(S(F)(F)(F)(F)F)cc1. The minimum Gasteiger partial charge on any atom is -0.351 e. The van der Waals surface area contributed by atoms with Gasteiger partial charge in [0.05, 0.1) is 0 Å². The molecule has 0 fully saturated rings. The molecule has 0 atom stereocenters. The summed E-state index contributed by atoms with van der Waals surface area (Å²) in [7, 11) is -9.79. The second-order valence-corrected chi connectivity index (χ2v) is 9.04. The van der Waals surface area contributed by atoms with E-state index in [-0.39, 0.29) is 43.6 Å². The van der Waals surface area contributed by atoms with E-state index in [0.717, 1.165) is 0 Å². The molecule has 31 heavy (non-hydrogen) atoms. The summed E-state index contributed by atoms with van der Waals surface area (Å²) in [4.78, 5) is 20.7. The summed E-state index contributed by atoms with van der Waals surface area (Å²) < 4.78 is 99.7. The minimum absolute atomic E-state index is 0.0693. The Labute approximate surface area is 171 Å². The highest BCUT2D eigenvalue weighted by atomic mass is 32.5. The number of hydrogen-bond donors (Lipinski definition) is 4. The molecule has 15 heteroatoms. The summed E-state index contributed by atoms with van der Waals surface area (Å²) in [6.07, 6.45) is -4.40. The molecule has 0 aliphatic heterocycles. The summed E-state index contributed by atoms with van der Waals surface area (Å²) in [5.74, 6) is -7.11. The minimum atomic E-state index is -9.79. The first-order valence-electron chi connectivity index (χ1n) is 8.68. The molecule has 0 aliphatic carbocycles. The third-order valence-electron chi connectivity index (χ3n) is 3.91. The van der Waals surface area contributed by atoms with Crippen molar-refractivity contribution in [3.8, 4) is 0 Å². The number of alkyl halides is 3. The van der Waals surface area contributed by atoms with Gasteiger partial charge in [-0.1, -0.05) is 32.3 Å². The van der Waals surface area contributed by atoms with Gasteiger partial charge in [0, 0.05) is 18.7 Å². The van der Waals surface area contributed by atoms with Crippen LogP contribution >= 0.6 is 10.2 Å². The number of benzene rings is 1. The van der Waals surface area contributed by atoms with Crippen molar-refractivity contribution in [2.45, 2.75) is 49.0 Å². The van der Waals surface area contributed by atoms with Gasteiger partial charge in [-0.3, -0.25) is 9.59 Å². The van der Waals surface area contributed by atoms with Crippen molar-refractivity contribution in [1.82, 2.24) is 5.32 Å². The third-order valence-corrected chi connectivity index (χ3v) is 5.07. The van der Waals surface area contributed by atoms with Crippen molar-refractivity contribution in [3.05, 3.63) is 24.3 Å². The van der Waals surface area contributed by atoms with Crippen LogP contribution in [0.1, 0.15) is 32.1 Å². The lowest BCUT2D eigenvalue weighted by atomic mass is 10.1. The maximum atomic E-state index is 12.6. The van der Waals surface area contributed by atoms with Crippen molar-refractivity contribution >= 4 is 27.7 Å². The molecule has 0 heterocycles. The molecule has 180 valence electrons. The molecule has 2 amide bonds. The van der Waals surface area contributed by atoms with E-state index in [9.17, 15) is 42.2 Å². The van der Waals surface area contributed by atoms with Crippen LogP contribution < -0.4 is 10.6 Å². The van der Waals surface area contributed by atoms with E-state index in [4.69, 9.17) is 10.2 Å². The zero-order chi connectivity index (χ0) is 24.2. The summed E-state index contributed by atoms with van der Waals surface area (Å²) in [5, 5.41) is 21.4. The first-order valence-corrected chi connectivity index (χ1v) is 10.6. The normalized spacial score (nSPS) is 15.0. The van der Waals surface area contributed by atoms with E-state index >= 15 is 0 Å². The fourth-order valence-corrected chi connectivity index (χ4v) is 2.89. The summed E-state index contributed by atoms with van der Waals surface area (Å²) in [6, 6.07) is 1.71. The van der Waals surface area contributed by atoms with Gasteiger partial charge >= 0.3 is 22.2 Å². The Kier molecular flexibility index (Phi) is 7.31. The van der Waals surface area contributed by atoms with Gasteiger partial charge in [0.2, 0.25) is 5.91 Å². The fourth-order valence-electron chi connectivity index (χ4n) is 2.24. The lowest BCUT2D eigenvalue weighted by Crippen LogP contribution is -2.57. The van der Waals surface area contributed by atoms with Crippen molar-refractivity contribution in [2.24, 2.45) is 0 Å². The van der Waals surface area contributed by atoms with Crippen LogP contribution in [-0.4, -0.2) is 40.5 Å². The zero-order valence-electron chi connectivity index (χ0n) is 15.7. The highest BCUT2D eigenvalue weighted by molar-refractivity contribution is 8.45. The van der Waals surface area contributed by atoms with Crippen LogP contribution in [0.25, 0.3) is 0 Å². The van der Waals surface area contributed by atoms with E-state index in [1.54, 1.807) is 5.32 Å². The number of anilines is 1. The number of aliphatic hydroxyl groups is 2. The summed E-state index contributed by atoms with van der Waals surface area (Å²) >= 11 is 0. The number of rotatable bonds is 10. The van der Waals surface area contributed by atoms with Gasteiger partial charge in [0.15, 0.2) is 0 Å². The molecular weight excluding hydrogens is 468 g/mol. The van der Waals surface area contributed by atoms with Crippen molar-refractivity contribution in [3.63, 3.8) is 0 Å². The van der Waals surface area contributed by atoms with Crippen molar-refractivity contribution in [1.29, 1.82) is 0 Å². The van der Waals surface area contributed by atoms with Crippen LogP contribution in [0.4, 0.5) is 38.3 Å². The topological polar surface area (TPSA) is 98.7 Å². The molecule has 0 radical (unpaired) electrons. The molecule has 0 aromatic heterocycles. The zero-order valence-corrected chi connectivity index (χ0v) is 16.5. The van der Waals surface area contributed by atoms with Crippen LogP contribution in [0, 0.1) is 0 Å². The summed E-state index contributed by atoms with van der Waals surface area (Å²) in [6.45, 7) is -0.275. The number of carbonyl (C=O) groups excluding carboxylic acids is 2. The van der Waals surface area contributed by atoms with Gasteiger partial charge in [0.25, 0.3) is 5.91 Å². The van der Waals surface area contributed by atoms with Gasteiger partial charge in [-0.15, -0.1) is 0 Å². The Balaban J connectivity index is 2.30. The molecule has 4 N–H and O–H groups in total. The third kappa shape index (κ3) is 8.49. The number of halogens is 8. The van der Waals surface area contributed by atoms with E-state index < -0.39 is 38.9 Å². The first-order chi connectivity index (χ1) is 13.7. The van der Waals surface area contributed by atoms with E-state index in [1.807, 2.05) is 0 Å². The predicted octanol–water partition coefficient (Wildman–Crippen LogP) is 4.59. The van der Waals surface area contributed by atoms with Crippen molar-refractivity contribution in [2.75, 3.05) is 11.9 Å². The monoisotopic (exact) mass is 488 g/mol. The van der Waals surface area contributed by atoms with E-state index in [1.165, 1.54) is 0 Å². The van der Waals surface area contributed by atoms with Gasteiger partial charge < -0.3 is 20.8 Å². The smallest absolute Gasteiger partial charge is 0.351 e. The molecule has 0 unspecified atom stereocenters. The fraction of sp³-hybridized carbons (Fsp3) is 0.500. The van der Waals surface area contributed by atoms with Crippen LogP contribution in [0.15, 0.2) is 29.2 Å². The van der Waals surface area contributed by atoms with Gasteiger partial charge in [-0.2, -0.15) is 13.2 Å². The lowest BCUT2D eigenvalue weighted by molar-refractivity contribution is -0.328. The van der Waals surface area contributed by atoms with Crippen molar-refractivity contribution < 1.29 is 52.4 Å². The molecular formula is C16H20F8N2O4S. The maximum absolute atomic E-state index is 12.6. The molecule has 0 aliphatic rings. The second-order valence-electron chi connectivity index (χ2n) is 6.63. The number of hydrogen-bond acceptors (Lipinski definition) is 4. The highest BCUT2D eigenvalue weighted by Crippen LogP contribution is 3.02. The molecule has 0 bridgehead atoms. The lowest BCUT2D eigenvalue weighted by Gasteiger charge is -2.40. The van der Waals surface area contributed by atoms with Gasteiger partial charge in [-0.25, -0.2) is 0 Å². The van der Waals surface area contributed by atoms with Gasteiger partial charge in [0.1, 0.15) is 4.90 Å². The molecule has 1 aromatic rings. The Bertz CT molecular complexity index is 795. The largest absolute Gasteiger partial charge is 0.453 e. The Hall–Kier alpha value is -2.13. The molecule has 0 spiro atoms. The van der Waals surface area contributed by atoms with Crippen LogP contribution in [0.2, 0.25) is 0 Å². The average molecular weight is 488 g/mol. The number of amides is 2. The Morgan fingerprint density at radius 2 is 1.39 bits per heavy atom. The quantitative estimate of drug-likeness (QED) is 0.220. The molecule has 1 aromatic carbocycles. The number of unbranched alkanes of at least 4 members (excludes halogenated alkanes) is 3. The standard InChI is InChI=1S/C16H20F8N2O4S/c17-16(18,19)15(29,30)14(28)25-10-4-2-1-3-5-13(27)26-11-6-8-12(9-7-11)31(20,21,22,23)24/h6-9,29-30H,1-5,10H2,(H,25,28)(H,26,27). The van der Waals surface area contributed by atoms with E-state index in [2.05, 4.69) is 5.32 Å². The van der Waals surface area contributed by atoms with Crippen LogP contribution in [0.5, 0.6) is 0 Å².